The van der Waals surface area contributed by atoms with Crippen molar-refractivity contribution in [3.8, 4) is 0 Å². The van der Waals surface area contributed by atoms with Crippen molar-refractivity contribution in [3.63, 3.8) is 0 Å². The number of amides is 1. The number of benzene rings is 2. The Kier molecular flexibility index (Phi) is 6.12. The molecule has 0 aromatic heterocycles. The molecule has 0 aliphatic carbocycles. The lowest BCUT2D eigenvalue weighted by atomic mass is 10.1. The van der Waals surface area contributed by atoms with Crippen LogP contribution >= 0.6 is 8.58 Å². The molecule has 0 saturated carbocycles. The molecule has 1 N–H and O–H groups in total. The van der Waals surface area contributed by atoms with Gasteiger partial charge in [-0.3, -0.25) is 4.79 Å². The standard InChI is InChI=1S/C19H20NOP/c1-3-20-19(21)15(2)22-18(17-12-8-5-9-13-17)14-16-10-6-4-7-11-16/h3-15,22H,1H2,2H3,(H,20,21). The van der Waals surface area contributed by atoms with Gasteiger partial charge in [-0.2, -0.15) is 0 Å². The molecule has 0 spiro atoms. The van der Waals surface area contributed by atoms with E-state index in [1.54, 1.807) is 0 Å². The van der Waals surface area contributed by atoms with Gasteiger partial charge in [0.1, 0.15) is 0 Å². The molecule has 2 rings (SSSR count). The lowest BCUT2D eigenvalue weighted by Gasteiger charge is -2.14. The molecular formula is C19H20NOP. The van der Waals surface area contributed by atoms with E-state index in [9.17, 15) is 4.79 Å². The zero-order chi connectivity index (χ0) is 15.8. The number of rotatable bonds is 6. The van der Waals surface area contributed by atoms with Gasteiger partial charge < -0.3 is 5.32 Å². The van der Waals surface area contributed by atoms with Gasteiger partial charge in [-0.05, 0) is 35.6 Å². The molecule has 3 heteroatoms. The zero-order valence-electron chi connectivity index (χ0n) is 12.6. The van der Waals surface area contributed by atoms with E-state index in [2.05, 4.69) is 42.2 Å². The fourth-order valence-electron chi connectivity index (χ4n) is 2.07. The second kappa shape index (κ2) is 8.31. The summed E-state index contributed by atoms with van der Waals surface area (Å²) < 4.78 is 0. The predicted molar refractivity (Wildman–Crippen MR) is 96.9 cm³/mol. The van der Waals surface area contributed by atoms with Crippen molar-refractivity contribution in [3.05, 3.63) is 84.6 Å². The van der Waals surface area contributed by atoms with E-state index in [0.29, 0.717) is 8.58 Å². The van der Waals surface area contributed by atoms with Gasteiger partial charge in [0.05, 0.1) is 5.66 Å². The lowest BCUT2D eigenvalue weighted by Crippen LogP contribution is -2.25. The molecule has 0 aliphatic rings. The maximum absolute atomic E-state index is 12.0. The van der Waals surface area contributed by atoms with Crippen molar-refractivity contribution in [2.75, 3.05) is 0 Å². The molecule has 0 aliphatic heterocycles. The SMILES string of the molecule is C=CNC(=O)C(C)PC(=Cc1ccccc1)c1ccccc1. The average molecular weight is 309 g/mol. The van der Waals surface area contributed by atoms with Crippen LogP contribution in [0.5, 0.6) is 0 Å². The maximum Gasteiger partial charge on any atom is 0.231 e. The molecule has 0 saturated heterocycles. The van der Waals surface area contributed by atoms with Gasteiger partial charge in [-0.1, -0.05) is 75.8 Å². The Labute approximate surface area is 133 Å². The Bertz CT molecular complexity index is 650. The Balaban J connectivity index is 2.29. The van der Waals surface area contributed by atoms with Gasteiger partial charge in [0.2, 0.25) is 5.91 Å². The summed E-state index contributed by atoms with van der Waals surface area (Å²) in [6.07, 6.45) is 3.60. The lowest BCUT2D eigenvalue weighted by molar-refractivity contribution is -0.119. The number of carbonyl (C=O) groups excluding carboxylic acids is 1. The van der Waals surface area contributed by atoms with Crippen LogP contribution in [-0.2, 0) is 4.79 Å². The van der Waals surface area contributed by atoms with Gasteiger partial charge in [-0.15, -0.1) is 0 Å². The van der Waals surface area contributed by atoms with Crippen LogP contribution in [0.1, 0.15) is 18.1 Å². The van der Waals surface area contributed by atoms with Crippen LogP contribution in [-0.4, -0.2) is 11.6 Å². The maximum atomic E-state index is 12.0. The van der Waals surface area contributed by atoms with Crippen molar-refractivity contribution >= 4 is 25.9 Å². The highest BCUT2D eigenvalue weighted by Gasteiger charge is 2.14. The fraction of sp³-hybridized carbons (Fsp3) is 0.105. The van der Waals surface area contributed by atoms with Gasteiger partial charge in [-0.25, -0.2) is 0 Å². The monoisotopic (exact) mass is 309 g/mol. The van der Waals surface area contributed by atoms with Crippen LogP contribution in [0, 0.1) is 0 Å². The first-order chi connectivity index (χ1) is 10.7. The van der Waals surface area contributed by atoms with E-state index >= 15 is 0 Å². The molecule has 2 unspecified atom stereocenters. The molecule has 0 bridgehead atoms. The summed E-state index contributed by atoms with van der Waals surface area (Å²) in [4.78, 5) is 12.0. The zero-order valence-corrected chi connectivity index (χ0v) is 13.6. The smallest absolute Gasteiger partial charge is 0.231 e. The first kappa shape index (κ1) is 16.2. The second-order valence-corrected chi connectivity index (χ2v) is 6.61. The summed E-state index contributed by atoms with van der Waals surface area (Å²) in [6.45, 7) is 5.49. The highest BCUT2D eigenvalue weighted by atomic mass is 31.1. The molecule has 2 aromatic rings. The summed E-state index contributed by atoms with van der Waals surface area (Å²) >= 11 is 0. The highest BCUT2D eigenvalue weighted by Crippen LogP contribution is 2.38. The Morgan fingerprint density at radius 3 is 2.27 bits per heavy atom. The average Bonchev–Trinajstić information content (AvgIpc) is 2.56. The normalized spacial score (nSPS) is 13.0. The Morgan fingerprint density at radius 2 is 1.68 bits per heavy atom. The minimum absolute atomic E-state index is 0.00299. The third-order valence-electron chi connectivity index (χ3n) is 3.20. The van der Waals surface area contributed by atoms with E-state index in [-0.39, 0.29) is 11.6 Å². The Morgan fingerprint density at radius 1 is 1.09 bits per heavy atom. The summed E-state index contributed by atoms with van der Waals surface area (Å²) in [5, 5.41) is 3.85. The summed E-state index contributed by atoms with van der Waals surface area (Å²) in [5.74, 6) is 0.00299. The van der Waals surface area contributed by atoms with E-state index in [0.717, 1.165) is 11.1 Å². The van der Waals surface area contributed by atoms with Gasteiger partial charge in [0.15, 0.2) is 0 Å². The molecule has 2 nitrogen and oxygen atoms in total. The van der Waals surface area contributed by atoms with E-state index in [4.69, 9.17) is 0 Å². The summed E-state index contributed by atoms with van der Waals surface area (Å²) in [5.41, 5.74) is 2.21. The molecule has 1 amide bonds. The van der Waals surface area contributed by atoms with Crippen LogP contribution in [0.4, 0.5) is 0 Å². The number of hydrogen-bond acceptors (Lipinski definition) is 1. The van der Waals surface area contributed by atoms with Crippen molar-refractivity contribution < 1.29 is 4.79 Å². The largest absolute Gasteiger partial charge is 0.333 e. The van der Waals surface area contributed by atoms with Gasteiger partial charge >= 0.3 is 0 Å². The van der Waals surface area contributed by atoms with E-state index in [1.165, 1.54) is 11.5 Å². The van der Waals surface area contributed by atoms with Crippen molar-refractivity contribution in [1.82, 2.24) is 5.32 Å². The molecule has 112 valence electrons. The van der Waals surface area contributed by atoms with E-state index < -0.39 is 0 Å². The van der Waals surface area contributed by atoms with Crippen LogP contribution in [0.3, 0.4) is 0 Å². The first-order valence-corrected chi connectivity index (χ1v) is 8.28. The predicted octanol–water partition coefficient (Wildman–Crippen LogP) is 4.51. The Hall–Kier alpha value is -2.18. The van der Waals surface area contributed by atoms with Crippen LogP contribution in [0.2, 0.25) is 0 Å². The molecular weight excluding hydrogens is 289 g/mol. The van der Waals surface area contributed by atoms with E-state index in [1.807, 2.05) is 43.3 Å². The van der Waals surface area contributed by atoms with Crippen molar-refractivity contribution in [1.29, 1.82) is 0 Å². The number of carbonyl (C=O) groups is 1. The first-order valence-electron chi connectivity index (χ1n) is 7.20. The van der Waals surface area contributed by atoms with Crippen LogP contribution in [0.25, 0.3) is 11.4 Å². The molecule has 0 radical (unpaired) electrons. The quantitative estimate of drug-likeness (QED) is 0.617. The minimum Gasteiger partial charge on any atom is -0.333 e. The third-order valence-corrected chi connectivity index (χ3v) is 4.64. The van der Waals surface area contributed by atoms with Crippen molar-refractivity contribution in [2.24, 2.45) is 0 Å². The topological polar surface area (TPSA) is 29.1 Å². The summed E-state index contributed by atoms with van der Waals surface area (Å²) in [6, 6.07) is 20.4. The third kappa shape index (κ3) is 4.68. The fourth-order valence-corrected chi connectivity index (χ4v) is 3.33. The molecule has 0 heterocycles. The molecule has 2 aromatic carbocycles. The molecule has 22 heavy (non-hydrogen) atoms. The summed E-state index contributed by atoms with van der Waals surface area (Å²) in [7, 11) is 0.392. The molecule has 0 fully saturated rings. The highest BCUT2D eigenvalue weighted by molar-refractivity contribution is 7.52. The molecule has 2 atom stereocenters. The second-order valence-electron chi connectivity index (χ2n) is 4.91. The van der Waals surface area contributed by atoms with Crippen molar-refractivity contribution in [2.45, 2.75) is 12.6 Å². The van der Waals surface area contributed by atoms with Gasteiger partial charge in [0.25, 0.3) is 0 Å². The van der Waals surface area contributed by atoms with Gasteiger partial charge in [0, 0.05) is 0 Å². The van der Waals surface area contributed by atoms with Crippen LogP contribution < -0.4 is 5.32 Å². The minimum atomic E-state index is -0.0897. The number of hydrogen-bond donors (Lipinski definition) is 1. The number of nitrogens with one attached hydrogen (secondary N) is 1. The van der Waals surface area contributed by atoms with Crippen LogP contribution in [0.15, 0.2) is 73.4 Å².